The largest absolute Gasteiger partial charge is 0.478 e. The minimum Gasteiger partial charge on any atom is -0.478 e. The first-order chi connectivity index (χ1) is 10.5. The topological polar surface area (TPSA) is 74.7 Å². The number of carbonyl (C=O) groups is 1. The van der Waals surface area contributed by atoms with Gasteiger partial charge in [-0.05, 0) is 29.7 Å². The highest BCUT2D eigenvalue weighted by Crippen LogP contribution is 2.26. The molecular formula is C16H15NO4S. The van der Waals surface area contributed by atoms with Crippen LogP contribution in [0.3, 0.4) is 0 Å². The molecule has 1 N–H and O–H groups in total. The summed E-state index contributed by atoms with van der Waals surface area (Å²) < 4.78 is 26.9. The Morgan fingerprint density at radius 3 is 2.36 bits per heavy atom. The number of nitrogens with zero attached hydrogens (tertiary/aromatic N) is 1. The third kappa shape index (κ3) is 2.51. The highest BCUT2D eigenvalue weighted by molar-refractivity contribution is 7.89. The highest BCUT2D eigenvalue weighted by atomic mass is 32.2. The van der Waals surface area contributed by atoms with Crippen molar-refractivity contribution >= 4 is 16.0 Å². The summed E-state index contributed by atoms with van der Waals surface area (Å²) in [7, 11) is -3.83. The molecule has 0 saturated carbocycles. The molecule has 0 unspecified atom stereocenters. The Labute approximate surface area is 128 Å². The second kappa shape index (κ2) is 5.55. The molecule has 1 heterocycles. The van der Waals surface area contributed by atoms with E-state index in [2.05, 4.69) is 0 Å². The maximum Gasteiger partial charge on any atom is 0.337 e. The van der Waals surface area contributed by atoms with E-state index in [1.165, 1.54) is 28.6 Å². The van der Waals surface area contributed by atoms with Crippen molar-refractivity contribution < 1.29 is 18.3 Å². The molecule has 1 aliphatic heterocycles. The number of fused-ring (bicyclic) bond motifs is 1. The van der Waals surface area contributed by atoms with E-state index in [0.717, 1.165) is 11.1 Å². The van der Waals surface area contributed by atoms with Crippen LogP contribution in [0.15, 0.2) is 53.4 Å². The van der Waals surface area contributed by atoms with E-state index in [9.17, 15) is 18.3 Å². The smallest absolute Gasteiger partial charge is 0.337 e. The molecule has 0 amide bonds. The average molecular weight is 317 g/mol. The SMILES string of the molecule is O=C(O)c1ccccc1S(=O)(=O)N1CCc2ccccc2C1. The van der Waals surface area contributed by atoms with Crippen molar-refractivity contribution in [1.29, 1.82) is 0 Å². The number of aromatic carboxylic acids is 1. The van der Waals surface area contributed by atoms with Gasteiger partial charge in [-0.3, -0.25) is 0 Å². The summed E-state index contributed by atoms with van der Waals surface area (Å²) in [6.07, 6.45) is 0.630. The monoisotopic (exact) mass is 317 g/mol. The van der Waals surface area contributed by atoms with E-state index in [1.807, 2.05) is 24.3 Å². The zero-order valence-electron chi connectivity index (χ0n) is 11.8. The van der Waals surface area contributed by atoms with Crippen LogP contribution in [-0.4, -0.2) is 30.3 Å². The van der Waals surface area contributed by atoms with Crippen LogP contribution >= 0.6 is 0 Å². The van der Waals surface area contributed by atoms with Gasteiger partial charge in [0, 0.05) is 13.1 Å². The van der Waals surface area contributed by atoms with Gasteiger partial charge >= 0.3 is 5.97 Å². The van der Waals surface area contributed by atoms with Gasteiger partial charge in [0.15, 0.2) is 0 Å². The summed E-state index contributed by atoms with van der Waals surface area (Å²) >= 11 is 0. The lowest BCUT2D eigenvalue weighted by atomic mass is 10.0. The van der Waals surface area contributed by atoms with E-state index in [1.54, 1.807) is 0 Å². The molecule has 1 aliphatic rings. The molecule has 114 valence electrons. The van der Waals surface area contributed by atoms with Crippen LogP contribution in [0.5, 0.6) is 0 Å². The predicted octanol–water partition coefficient (Wildman–Crippen LogP) is 2.13. The third-order valence-corrected chi connectivity index (χ3v) is 5.73. The van der Waals surface area contributed by atoms with Gasteiger partial charge in [0.2, 0.25) is 10.0 Å². The standard InChI is InChI=1S/C16H15NO4S/c18-16(19)14-7-3-4-8-15(14)22(20,21)17-10-9-12-5-1-2-6-13(12)11-17/h1-8H,9-11H2,(H,18,19). The van der Waals surface area contributed by atoms with Crippen LogP contribution in [0, 0.1) is 0 Å². The fourth-order valence-corrected chi connectivity index (χ4v) is 4.29. The van der Waals surface area contributed by atoms with Crippen LogP contribution in [0.1, 0.15) is 21.5 Å². The number of hydrogen-bond acceptors (Lipinski definition) is 3. The van der Waals surface area contributed by atoms with E-state index in [0.29, 0.717) is 13.0 Å². The van der Waals surface area contributed by atoms with Gasteiger partial charge in [-0.15, -0.1) is 0 Å². The van der Waals surface area contributed by atoms with Crippen molar-refractivity contribution in [1.82, 2.24) is 4.31 Å². The molecule has 6 heteroatoms. The second-order valence-electron chi connectivity index (χ2n) is 5.16. The molecule has 5 nitrogen and oxygen atoms in total. The quantitative estimate of drug-likeness (QED) is 0.941. The zero-order chi connectivity index (χ0) is 15.7. The highest BCUT2D eigenvalue weighted by Gasteiger charge is 2.31. The van der Waals surface area contributed by atoms with Crippen LogP contribution in [0.4, 0.5) is 0 Å². The normalized spacial score (nSPS) is 15.3. The van der Waals surface area contributed by atoms with Gasteiger partial charge in [0.1, 0.15) is 0 Å². The van der Waals surface area contributed by atoms with Crippen LogP contribution in [0.2, 0.25) is 0 Å². The Hall–Kier alpha value is -2.18. The first-order valence-electron chi connectivity index (χ1n) is 6.89. The summed E-state index contributed by atoms with van der Waals surface area (Å²) in [5.74, 6) is -1.24. The van der Waals surface area contributed by atoms with Crippen molar-refractivity contribution in [3.63, 3.8) is 0 Å². The first kappa shape index (κ1) is 14.7. The lowest BCUT2D eigenvalue weighted by Crippen LogP contribution is -2.36. The maximum absolute atomic E-state index is 12.8. The molecule has 0 saturated heterocycles. The van der Waals surface area contributed by atoms with Gasteiger partial charge in [-0.25, -0.2) is 13.2 Å². The Balaban J connectivity index is 2.00. The van der Waals surface area contributed by atoms with Crippen LogP contribution in [0.25, 0.3) is 0 Å². The zero-order valence-corrected chi connectivity index (χ0v) is 12.6. The van der Waals surface area contributed by atoms with Gasteiger partial charge in [-0.2, -0.15) is 4.31 Å². The van der Waals surface area contributed by atoms with Gasteiger partial charge in [-0.1, -0.05) is 36.4 Å². The number of benzene rings is 2. The van der Waals surface area contributed by atoms with Crippen LogP contribution in [-0.2, 0) is 23.0 Å². The van der Waals surface area contributed by atoms with Crippen molar-refractivity contribution in [3.8, 4) is 0 Å². The predicted molar refractivity (Wildman–Crippen MR) is 81.1 cm³/mol. The third-order valence-electron chi connectivity index (χ3n) is 3.83. The molecule has 0 aliphatic carbocycles. The molecule has 0 spiro atoms. The summed E-state index contributed by atoms with van der Waals surface area (Å²) in [4.78, 5) is 11.1. The average Bonchev–Trinajstić information content (AvgIpc) is 2.54. The van der Waals surface area contributed by atoms with E-state index in [-0.39, 0.29) is 17.0 Å². The van der Waals surface area contributed by atoms with E-state index in [4.69, 9.17) is 0 Å². The van der Waals surface area contributed by atoms with E-state index >= 15 is 0 Å². The number of carboxylic acid groups (broad SMARTS) is 1. The van der Waals surface area contributed by atoms with Gasteiger partial charge < -0.3 is 5.11 Å². The molecular weight excluding hydrogens is 302 g/mol. The maximum atomic E-state index is 12.8. The fraction of sp³-hybridized carbons (Fsp3) is 0.188. The van der Waals surface area contributed by atoms with E-state index < -0.39 is 16.0 Å². The second-order valence-corrected chi connectivity index (χ2v) is 7.06. The lowest BCUT2D eigenvalue weighted by molar-refractivity contribution is 0.0692. The molecule has 22 heavy (non-hydrogen) atoms. The molecule has 0 atom stereocenters. The van der Waals surface area contributed by atoms with Crippen molar-refractivity contribution in [2.75, 3.05) is 6.54 Å². The minimum atomic E-state index is -3.83. The summed E-state index contributed by atoms with van der Waals surface area (Å²) in [6.45, 7) is 0.625. The number of sulfonamides is 1. The first-order valence-corrected chi connectivity index (χ1v) is 8.33. The summed E-state index contributed by atoms with van der Waals surface area (Å²) in [5.41, 5.74) is 1.91. The summed E-state index contributed by atoms with van der Waals surface area (Å²) in [5, 5.41) is 9.20. The Morgan fingerprint density at radius 2 is 1.64 bits per heavy atom. The Bertz CT molecular complexity index is 830. The lowest BCUT2D eigenvalue weighted by Gasteiger charge is -2.28. The van der Waals surface area contributed by atoms with Crippen molar-refractivity contribution in [3.05, 3.63) is 65.2 Å². The molecule has 3 rings (SSSR count). The van der Waals surface area contributed by atoms with Crippen molar-refractivity contribution in [2.45, 2.75) is 17.9 Å². The van der Waals surface area contributed by atoms with Gasteiger partial charge in [0.05, 0.1) is 10.5 Å². The molecule has 2 aromatic rings. The molecule has 0 aromatic heterocycles. The molecule has 0 radical (unpaired) electrons. The fourth-order valence-electron chi connectivity index (χ4n) is 2.68. The minimum absolute atomic E-state index is 0.151. The van der Waals surface area contributed by atoms with Crippen LogP contribution < -0.4 is 0 Å². The molecule has 0 bridgehead atoms. The number of carboxylic acids is 1. The summed E-state index contributed by atoms with van der Waals surface area (Å²) in [6, 6.07) is 13.4. The molecule has 0 fully saturated rings. The number of rotatable bonds is 3. The molecule has 2 aromatic carbocycles. The number of hydrogen-bond donors (Lipinski definition) is 1. The Kier molecular flexibility index (Phi) is 3.72. The van der Waals surface area contributed by atoms with Crippen molar-refractivity contribution in [2.24, 2.45) is 0 Å². The van der Waals surface area contributed by atoms with Gasteiger partial charge in [0.25, 0.3) is 0 Å². The Morgan fingerprint density at radius 1 is 1.00 bits per heavy atom.